The molecular weight excluding hydrogens is 308 g/mol. The average Bonchev–Trinajstić information content (AvgIpc) is 3.10. The molecule has 1 aromatic carbocycles. The highest BCUT2D eigenvalue weighted by Gasteiger charge is 2.23. The first-order valence-corrected chi connectivity index (χ1v) is 8.21. The van der Waals surface area contributed by atoms with E-state index >= 15 is 0 Å². The predicted molar refractivity (Wildman–Crippen MR) is 89.5 cm³/mol. The van der Waals surface area contributed by atoms with Crippen LogP contribution in [0.1, 0.15) is 18.4 Å². The lowest BCUT2D eigenvalue weighted by atomic mass is 10.0. The first-order valence-electron chi connectivity index (χ1n) is 8.21. The van der Waals surface area contributed by atoms with Gasteiger partial charge in [0.25, 0.3) is 5.56 Å². The molecule has 0 unspecified atom stereocenters. The number of ether oxygens (including phenoxy) is 2. The minimum absolute atomic E-state index is 0.135. The SMILES string of the molecule is O=c1[nH]ccnc1N1CCC[C@H](NCc2cccc3c2OCO3)C1. The van der Waals surface area contributed by atoms with E-state index in [2.05, 4.69) is 20.2 Å². The number of piperidine rings is 1. The fraction of sp³-hybridized carbons (Fsp3) is 0.412. The van der Waals surface area contributed by atoms with Crippen LogP contribution >= 0.6 is 0 Å². The molecule has 7 heteroatoms. The minimum Gasteiger partial charge on any atom is -0.454 e. The van der Waals surface area contributed by atoms with Gasteiger partial charge in [-0.05, 0) is 18.9 Å². The number of aromatic amines is 1. The van der Waals surface area contributed by atoms with Gasteiger partial charge >= 0.3 is 0 Å². The summed E-state index contributed by atoms with van der Waals surface area (Å²) in [5, 5.41) is 3.57. The number of hydrogen-bond acceptors (Lipinski definition) is 6. The summed E-state index contributed by atoms with van der Waals surface area (Å²) in [6, 6.07) is 6.25. The van der Waals surface area contributed by atoms with E-state index in [0.29, 0.717) is 18.4 Å². The molecule has 7 nitrogen and oxygen atoms in total. The van der Waals surface area contributed by atoms with E-state index in [1.807, 2.05) is 18.2 Å². The number of aromatic nitrogens is 2. The molecular formula is C17H20N4O3. The van der Waals surface area contributed by atoms with E-state index in [4.69, 9.17) is 9.47 Å². The number of hydrogen-bond donors (Lipinski definition) is 2. The summed E-state index contributed by atoms with van der Waals surface area (Å²) in [4.78, 5) is 20.9. The number of rotatable bonds is 4. The molecule has 2 aromatic rings. The summed E-state index contributed by atoms with van der Waals surface area (Å²) in [7, 11) is 0. The van der Waals surface area contributed by atoms with Crippen LogP contribution in [0.2, 0.25) is 0 Å². The van der Waals surface area contributed by atoms with Crippen LogP contribution in [0.4, 0.5) is 5.82 Å². The van der Waals surface area contributed by atoms with Gasteiger partial charge in [0.05, 0.1) is 0 Å². The highest BCUT2D eigenvalue weighted by Crippen LogP contribution is 2.35. The molecule has 4 rings (SSSR count). The Hall–Kier alpha value is -2.54. The molecule has 3 heterocycles. The van der Waals surface area contributed by atoms with Crippen LogP contribution in [0.15, 0.2) is 35.4 Å². The van der Waals surface area contributed by atoms with Crippen molar-refractivity contribution in [1.29, 1.82) is 0 Å². The van der Waals surface area contributed by atoms with Crippen molar-refractivity contribution in [3.63, 3.8) is 0 Å². The third-order valence-corrected chi connectivity index (χ3v) is 4.47. The Morgan fingerprint density at radius 3 is 3.25 bits per heavy atom. The number of nitrogens with zero attached hydrogens (tertiary/aromatic N) is 2. The monoisotopic (exact) mass is 328 g/mol. The van der Waals surface area contributed by atoms with Crippen molar-refractivity contribution in [2.45, 2.75) is 25.4 Å². The summed E-state index contributed by atoms with van der Waals surface area (Å²) >= 11 is 0. The molecule has 1 atom stereocenters. The van der Waals surface area contributed by atoms with Gasteiger partial charge in [0, 0.05) is 43.6 Å². The zero-order valence-electron chi connectivity index (χ0n) is 13.3. The van der Waals surface area contributed by atoms with Gasteiger partial charge in [-0.25, -0.2) is 4.98 Å². The van der Waals surface area contributed by atoms with E-state index in [0.717, 1.165) is 43.0 Å². The maximum absolute atomic E-state index is 11.9. The number of para-hydroxylation sites is 1. The second-order valence-electron chi connectivity index (χ2n) is 6.06. The number of nitrogens with one attached hydrogen (secondary N) is 2. The fourth-order valence-corrected chi connectivity index (χ4v) is 3.29. The minimum atomic E-state index is -0.135. The van der Waals surface area contributed by atoms with E-state index in [1.165, 1.54) is 0 Å². The van der Waals surface area contributed by atoms with Crippen molar-refractivity contribution in [3.05, 3.63) is 46.5 Å². The zero-order valence-corrected chi connectivity index (χ0v) is 13.3. The quantitative estimate of drug-likeness (QED) is 0.879. The van der Waals surface area contributed by atoms with Crippen LogP contribution in [0.25, 0.3) is 0 Å². The Morgan fingerprint density at radius 2 is 2.33 bits per heavy atom. The van der Waals surface area contributed by atoms with Crippen LogP contribution < -0.4 is 25.2 Å². The lowest BCUT2D eigenvalue weighted by Gasteiger charge is -2.33. The van der Waals surface area contributed by atoms with Crippen molar-refractivity contribution in [2.75, 3.05) is 24.8 Å². The predicted octanol–water partition coefficient (Wildman–Crippen LogP) is 1.26. The molecule has 2 aliphatic rings. The number of anilines is 1. The van der Waals surface area contributed by atoms with Crippen LogP contribution in [0, 0.1) is 0 Å². The van der Waals surface area contributed by atoms with Gasteiger partial charge in [0.15, 0.2) is 17.3 Å². The molecule has 0 bridgehead atoms. The van der Waals surface area contributed by atoms with Gasteiger partial charge in [-0.2, -0.15) is 0 Å². The molecule has 2 N–H and O–H groups in total. The van der Waals surface area contributed by atoms with Crippen molar-refractivity contribution in [2.24, 2.45) is 0 Å². The van der Waals surface area contributed by atoms with Crippen molar-refractivity contribution in [3.8, 4) is 11.5 Å². The topological polar surface area (TPSA) is 79.5 Å². The Labute approximate surface area is 139 Å². The van der Waals surface area contributed by atoms with Gasteiger partial charge in [0.2, 0.25) is 6.79 Å². The molecule has 0 amide bonds. The third kappa shape index (κ3) is 2.94. The summed E-state index contributed by atoms with van der Waals surface area (Å²) < 4.78 is 11.0. The Bertz CT molecular complexity index is 776. The lowest BCUT2D eigenvalue weighted by Crippen LogP contribution is -2.47. The van der Waals surface area contributed by atoms with Gasteiger partial charge in [-0.1, -0.05) is 12.1 Å². The number of benzene rings is 1. The van der Waals surface area contributed by atoms with Gasteiger partial charge in [-0.15, -0.1) is 0 Å². The maximum Gasteiger partial charge on any atom is 0.290 e. The van der Waals surface area contributed by atoms with Gasteiger partial charge in [0.1, 0.15) is 0 Å². The first-order chi connectivity index (χ1) is 11.8. The van der Waals surface area contributed by atoms with Crippen LogP contribution in [-0.4, -0.2) is 35.9 Å². The maximum atomic E-state index is 11.9. The molecule has 24 heavy (non-hydrogen) atoms. The molecule has 0 spiro atoms. The molecule has 126 valence electrons. The molecule has 2 aliphatic heterocycles. The molecule has 1 saturated heterocycles. The third-order valence-electron chi connectivity index (χ3n) is 4.47. The number of H-pyrrole nitrogens is 1. The summed E-state index contributed by atoms with van der Waals surface area (Å²) in [6.45, 7) is 2.62. The smallest absolute Gasteiger partial charge is 0.290 e. The molecule has 0 radical (unpaired) electrons. The van der Waals surface area contributed by atoms with E-state index in [1.54, 1.807) is 12.4 Å². The average molecular weight is 328 g/mol. The van der Waals surface area contributed by atoms with Crippen molar-refractivity contribution < 1.29 is 9.47 Å². The van der Waals surface area contributed by atoms with E-state index in [9.17, 15) is 4.79 Å². The van der Waals surface area contributed by atoms with Crippen molar-refractivity contribution in [1.82, 2.24) is 15.3 Å². The van der Waals surface area contributed by atoms with Crippen LogP contribution in [-0.2, 0) is 6.54 Å². The second kappa shape index (κ2) is 6.52. The summed E-state index contributed by atoms with van der Waals surface area (Å²) in [6.07, 6.45) is 5.29. The molecule has 0 saturated carbocycles. The normalized spacial score (nSPS) is 19.5. The van der Waals surface area contributed by atoms with E-state index < -0.39 is 0 Å². The van der Waals surface area contributed by atoms with Gasteiger partial charge in [-0.3, -0.25) is 4.79 Å². The highest BCUT2D eigenvalue weighted by atomic mass is 16.7. The Balaban J connectivity index is 1.42. The Kier molecular flexibility index (Phi) is 4.08. The highest BCUT2D eigenvalue weighted by molar-refractivity contribution is 5.48. The largest absolute Gasteiger partial charge is 0.454 e. The molecule has 0 aliphatic carbocycles. The second-order valence-corrected chi connectivity index (χ2v) is 6.06. The zero-order chi connectivity index (χ0) is 16.4. The summed E-state index contributed by atoms with van der Waals surface area (Å²) in [5.41, 5.74) is 0.961. The lowest BCUT2D eigenvalue weighted by molar-refractivity contribution is 0.173. The summed E-state index contributed by atoms with van der Waals surface area (Å²) in [5.74, 6) is 2.14. The first kappa shape index (κ1) is 15.0. The fourth-order valence-electron chi connectivity index (χ4n) is 3.29. The number of fused-ring (bicyclic) bond motifs is 1. The Morgan fingerprint density at radius 1 is 1.38 bits per heavy atom. The molecule has 1 aromatic heterocycles. The standard InChI is InChI=1S/C17H20N4O3/c22-17-16(18-6-7-19-17)21-8-2-4-13(10-21)20-9-12-3-1-5-14-15(12)24-11-23-14/h1,3,5-7,13,20H,2,4,8-11H2,(H,19,22)/t13-/m0/s1. The van der Waals surface area contributed by atoms with Gasteiger partial charge < -0.3 is 24.7 Å². The molecule has 1 fully saturated rings. The van der Waals surface area contributed by atoms with E-state index in [-0.39, 0.29) is 12.4 Å². The van der Waals surface area contributed by atoms with Crippen LogP contribution in [0.3, 0.4) is 0 Å². The van der Waals surface area contributed by atoms with Crippen LogP contribution in [0.5, 0.6) is 11.5 Å². The van der Waals surface area contributed by atoms with Crippen molar-refractivity contribution >= 4 is 5.82 Å².